The van der Waals surface area contributed by atoms with Gasteiger partial charge < -0.3 is 5.32 Å². The van der Waals surface area contributed by atoms with E-state index in [0.29, 0.717) is 0 Å². The van der Waals surface area contributed by atoms with Crippen molar-refractivity contribution in [2.45, 2.75) is 44.6 Å². The van der Waals surface area contributed by atoms with Crippen LogP contribution in [0.4, 0.5) is 0 Å². The van der Waals surface area contributed by atoms with Crippen molar-refractivity contribution in [3.63, 3.8) is 0 Å². The fourth-order valence-corrected chi connectivity index (χ4v) is 3.02. The Bertz CT molecular complexity index is 355. The van der Waals surface area contributed by atoms with Gasteiger partial charge >= 0.3 is 0 Å². The van der Waals surface area contributed by atoms with Gasteiger partial charge in [-0.2, -0.15) is 0 Å². The van der Waals surface area contributed by atoms with Crippen LogP contribution >= 0.6 is 0 Å². The molecule has 1 nitrogen and oxygen atoms in total. The summed E-state index contributed by atoms with van der Waals surface area (Å²) in [5, 5.41) is 3.70. The number of rotatable bonds is 6. The van der Waals surface area contributed by atoms with Crippen LogP contribution < -0.4 is 5.32 Å². The van der Waals surface area contributed by atoms with Crippen molar-refractivity contribution in [2.24, 2.45) is 11.8 Å². The summed E-state index contributed by atoms with van der Waals surface area (Å²) in [6.45, 7) is 3.59. The SMILES string of the molecule is CCC(CNC1CC1)C1CC1c1ccccc1. The summed E-state index contributed by atoms with van der Waals surface area (Å²) >= 11 is 0. The van der Waals surface area contributed by atoms with Crippen LogP contribution in [0.2, 0.25) is 0 Å². The van der Waals surface area contributed by atoms with E-state index in [1.54, 1.807) is 5.56 Å². The Kier molecular flexibility index (Phi) is 3.19. The average molecular weight is 229 g/mol. The second-order valence-corrected chi connectivity index (χ2v) is 5.77. The Labute approximate surface area is 105 Å². The zero-order chi connectivity index (χ0) is 11.7. The third-order valence-electron chi connectivity index (χ3n) is 4.44. The fourth-order valence-electron chi connectivity index (χ4n) is 3.02. The summed E-state index contributed by atoms with van der Waals surface area (Å²) in [7, 11) is 0. The van der Waals surface area contributed by atoms with Crippen molar-refractivity contribution in [3.8, 4) is 0 Å². The third-order valence-corrected chi connectivity index (χ3v) is 4.44. The van der Waals surface area contributed by atoms with E-state index in [1.807, 2.05) is 0 Å². The van der Waals surface area contributed by atoms with Crippen molar-refractivity contribution >= 4 is 0 Å². The highest BCUT2D eigenvalue weighted by Gasteiger charge is 2.42. The molecule has 1 heteroatoms. The molecule has 1 aromatic rings. The summed E-state index contributed by atoms with van der Waals surface area (Å²) in [6.07, 6.45) is 5.55. The normalized spacial score (nSPS) is 29.0. The van der Waals surface area contributed by atoms with E-state index in [0.717, 1.165) is 23.8 Å². The summed E-state index contributed by atoms with van der Waals surface area (Å²) < 4.78 is 0. The molecule has 2 aliphatic rings. The summed E-state index contributed by atoms with van der Waals surface area (Å²) in [5.74, 6) is 2.68. The highest BCUT2D eigenvalue weighted by molar-refractivity contribution is 5.26. The molecule has 0 aliphatic heterocycles. The number of benzene rings is 1. The Hall–Kier alpha value is -0.820. The van der Waals surface area contributed by atoms with Crippen molar-refractivity contribution in [2.75, 3.05) is 6.54 Å². The number of hydrogen-bond acceptors (Lipinski definition) is 1. The van der Waals surface area contributed by atoms with E-state index in [4.69, 9.17) is 0 Å². The molecule has 2 aliphatic carbocycles. The Morgan fingerprint density at radius 3 is 2.65 bits per heavy atom. The van der Waals surface area contributed by atoms with E-state index < -0.39 is 0 Å². The van der Waals surface area contributed by atoms with Crippen LogP contribution in [0, 0.1) is 11.8 Å². The largest absolute Gasteiger partial charge is 0.314 e. The van der Waals surface area contributed by atoms with Crippen molar-refractivity contribution < 1.29 is 0 Å². The van der Waals surface area contributed by atoms with Gasteiger partial charge in [0.25, 0.3) is 0 Å². The van der Waals surface area contributed by atoms with Gasteiger partial charge in [-0.1, -0.05) is 43.7 Å². The molecular formula is C16H23N. The maximum absolute atomic E-state index is 3.70. The van der Waals surface area contributed by atoms with Crippen LogP contribution in [-0.2, 0) is 0 Å². The van der Waals surface area contributed by atoms with Crippen molar-refractivity contribution in [1.82, 2.24) is 5.32 Å². The van der Waals surface area contributed by atoms with Crippen LogP contribution in [-0.4, -0.2) is 12.6 Å². The van der Waals surface area contributed by atoms with Gasteiger partial charge in [0.15, 0.2) is 0 Å². The highest BCUT2D eigenvalue weighted by atomic mass is 14.9. The molecule has 3 atom stereocenters. The van der Waals surface area contributed by atoms with Gasteiger partial charge in [0.1, 0.15) is 0 Å². The van der Waals surface area contributed by atoms with Crippen LogP contribution in [0.5, 0.6) is 0 Å². The summed E-state index contributed by atoms with van der Waals surface area (Å²) in [4.78, 5) is 0. The molecule has 0 saturated heterocycles. The van der Waals surface area contributed by atoms with Gasteiger partial charge in [-0.15, -0.1) is 0 Å². The molecule has 1 aromatic carbocycles. The van der Waals surface area contributed by atoms with Gasteiger partial charge in [-0.3, -0.25) is 0 Å². The lowest BCUT2D eigenvalue weighted by molar-refractivity contribution is 0.405. The van der Waals surface area contributed by atoms with E-state index in [1.165, 1.54) is 32.2 Å². The van der Waals surface area contributed by atoms with Crippen molar-refractivity contribution in [3.05, 3.63) is 35.9 Å². The molecule has 0 aromatic heterocycles. The van der Waals surface area contributed by atoms with E-state index in [2.05, 4.69) is 42.6 Å². The molecule has 3 rings (SSSR count). The predicted molar refractivity (Wildman–Crippen MR) is 72.1 cm³/mol. The van der Waals surface area contributed by atoms with Gasteiger partial charge in [0.05, 0.1) is 0 Å². The molecule has 0 amide bonds. The first-order valence-electron chi connectivity index (χ1n) is 7.16. The Balaban J connectivity index is 1.54. The van der Waals surface area contributed by atoms with Gasteiger partial charge in [-0.05, 0) is 49.1 Å². The maximum atomic E-state index is 3.70. The molecule has 0 radical (unpaired) electrons. The Morgan fingerprint density at radius 1 is 1.24 bits per heavy atom. The number of hydrogen-bond donors (Lipinski definition) is 1. The monoisotopic (exact) mass is 229 g/mol. The van der Waals surface area contributed by atoms with E-state index in [9.17, 15) is 0 Å². The minimum Gasteiger partial charge on any atom is -0.314 e. The summed E-state index contributed by atoms with van der Waals surface area (Å²) in [5.41, 5.74) is 1.56. The Morgan fingerprint density at radius 2 is 2.00 bits per heavy atom. The zero-order valence-corrected chi connectivity index (χ0v) is 10.7. The topological polar surface area (TPSA) is 12.0 Å². The minimum absolute atomic E-state index is 0.849. The van der Waals surface area contributed by atoms with Gasteiger partial charge in [0, 0.05) is 6.04 Å². The van der Waals surface area contributed by atoms with Crippen LogP contribution in [0.3, 0.4) is 0 Å². The molecule has 3 unspecified atom stereocenters. The smallest absolute Gasteiger partial charge is 0.00683 e. The predicted octanol–water partition coefficient (Wildman–Crippen LogP) is 3.57. The molecule has 0 heterocycles. The second-order valence-electron chi connectivity index (χ2n) is 5.77. The van der Waals surface area contributed by atoms with Crippen LogP contribution in [0.1, 0.15) is 44.1 Å². The van der Waals surface area contributed by atoms with Gasteiger partial charge in [-0.25, -0.2) is 0 Å². The minimum atomic E-state index is 0.849. The molecule has 17 heavy (non-hydrogen) atoms. The molecular weight excluding hydrogens is 206 g/mol. The standard InChI is InChI=1S/C16H23N/c1-2-12(11-17-14-8-9-14)15-10-16(15)13-6-4-3-5-7-13/h3-7,12,14-17H,2,8-11H2,1H3. The van der Waals surface area contributed by atoms with Crippen LogP contribution in [0.25, 0.3) is 0 Å². The van der Waals surface area contributed by atoms with E-state index >= 15 is 0 Å². The molecule has 2 saturated carbocycles. The van der Waals surface area contributed by atoms with Crippen LogP contribution in [0.15, 0.2) is 30.3 Å². The lowest BCUT2D eigenvalue weighted by Gasteiger charge is -2.15. The highest BCUT2D eigenvalue weighted by Crippen LogP contribution is 2.52. The average Bonchev–Trinajstić information content (AvgIpc) is 3.26. The first kappa shape index (κ1) is 11.3. The van der Waals surface area contributed by atoms with Gasteiger partial charge in [0.2, 0.25) is 0 Å². The molecule has 0 spiro atoms. The zero-order valence-electron chi connectivity index (χ0n) is 10.7. The third kappa shape index (κ3) is 2.71. The molecule has 0 bridgehead atoms. The number of nitrogens with one attached hydrogen (secondary N) is 1. The second kappa shape index (κ2) is 4.81. The van der Waals surface area contributed by atoms with Crippen molar-refractivity contribution in [1.29, 1.82) is 0 Å². The maximum Gasteiger partial charge on any atom is 0.00683 e. The molecule has 92 valence electrons. The first-order chi connectivity index (χ1) is 8.38. The summed E-state index contributed by atoms with van der Waals surface area (Å²) in [6, 6.07) is 11.9. The first-order valence-corrected chi connectivity index (χ1v) is 7.16. The fraction of sp³-hybridized carbons (Fsp3) is 0.625. The lowest BCUT2D eigenvalue weighted by Crippen LogP contribution is -2.25. The lowest BCUT2D eigenvalue weighted by atomic mass is 9.96. The molecule has 2 fully saturated rings. The quantitative estimate of drug-likeness (QED) is 0.786. The van der Waals surface area contributed by atoms with E-state index in [-0.39, 0.29) is 0 Å². The molecule has 1 N–H and O–H groups in total.